The van der Waals surface area contributed by atoms with E-state index in [1.807, 2.05) is 24.4 Å². The molecule has 2 aromatic heterocycles. The number of para-hydroxylation sites is 1. The van der Waals surface area contributed by atoms with Crippen molar-refractivity contribution in [2.75, 3.05) is 5.75 Å². The van der Waals surface area contributed by atoms with Gasteiger partial charge in [0.05, 0.1) is 5.60 Å². The largest absolute Gasteiger partial charge is 0.390 e. The number of aliphatic hydroxyl groups is 1. The molecule has 0 bridgehead atoms. The first-order valence-electron chi connectivity index (χ1n) is 8.86. The fourth-order valence-electron chi connectivity index (χ4n) is 3.04. The average molecular weight is 379 g/mol. The van der Waals surface area contributed by atoms with Gasteiger partial charge in [0.1, 0.15) is 0 Å². The lowest BCUT2D eigenvalue weighted by molar-refractivity contribution is 0.107. The highest BCUT2D eigenvalue weighted by atomic mass is 32.2. The van der Waals surface area contributed by atoms with Crippen LogP contribution in [0, 0.1) is 6.92 Å². The fraction of sp³-hybridized carbons (Fsp3) is 0.238. The van der Waals surface area contributed by atoms with Gasteiger partial charge in [-0.25, -0.2) is 0 Å². The molecule has 4 aromatic rings. The van der Waals surface area contributed by atoms with Crippen molar-refractivity contribution in [2.45, 2.75) is 31.5 Å². The molecule has 0 fully saturated rings. The highest BCUT2D eigenvalue weighted by Gasteiger charge is 2.21. The van der Waals surface area contributed by atoms with Gasteiger partial charge < -0.3 is 10.1 Å². The molecule has 0 saturated heterocycles. The monoisotopic (exact) mass is 378 g/mol. The molecule has 0 radical (unpaired) electrons. The van der Waals surface area contributed by atoms with E-state index in [-0.39, 0.29) is 0 Å². The quantitative estimate of drug-likeness (QED) is 0.499. The topological polar surface area (TPSA) is 66.7 Å². The second-order valence-electron chi connectivity index (χ2n) is 7.33. The van der Waals surface area contributed by atoms with Crippen molar-refractivity contribution in [3.8, 4) is 17.1 Å². The van der Waals surface area contributed by atoms with E-state index in [9.17, 15) is 5.11 Å². The molecule has 2 heterocycles. The number of thioether (sulfide) groups is 1. The number of benzene rings is 2. The van der Waals surface area contributed by atoms with Crippen LogP contribution in [0.25, 0.3) is 28.0 Å². The van der Waals surface area contributed by atoms with E-state index in [0.717, 1.165) is 33.1 Å². The van der Waals surface area contributed by atoms with Gasteiger partial charge in [0, 0.05) is 34.1 Å². The summed E-state index contributed by atoms with van der Waals surface area (Å²) in [5.74, 6) is 1.32. The predicted octanol–water partition coefficient (Wildman–Crippen LogP) is 4.59. The summed E-state index contributed by atoms with van der Waals surface area (Å²) >= 11 is 1.51. The maximum absolute atomic E-state index is 10.1. The van der Waals surface area contributed by atoms with Crippen LogP contribution in [-0.2, 0) is 0 Å². The van der Waals surface area contributed by atoms with Crippen LogP contribution in [0.1, 0.15) is 19.4 Å². The Labute approximate surface area is 162 Å². The first-order valence-corrected chi connectivity index (χ1v) is 9.85. The summed E-state index contributed by atoms with van der Waals surface area (Å²) in [6, 6.07) is 16.5. The van der Waals surface area contributed by atoms with E-state index in [1.54, 1.807) is 13.8 Å². The summed E-state index contributed by atoms with van der Waals surface area (Å²) in [6.07, 6.45) is 1.98. The molecule has 0 aliphatic carbocycles. The maximum atomic E-state index is 10.1. The van der Waals surface area contributed by atoms with Crippen LogP contribution in [0.3, 0.4) is 0 Å². The Morgan fingerprint density at radius 3 is 2.70 bits per heavy atom. The highest BCUT2D eigenvalue weighted by Crippen LogP contribution is 2.33. The molecule has 0 aliphatic heterocycles. The minimum atomic E-state index is -0.783. The van der Waals surface area contributed by atoms with Crippen LogP contribution in [0.5, 0.6) is 0 Å². The summed E-state index contributed by atoms with van der Waals surface area (Å²) in [5, 5.41) is 21.0. The van der Waals surface area contributed by atoms with E-state index in [2.05, 4.69) is 57.0 Å². The molecule has 5 nitrogen and oxygen atoms in total. The van der Waals surface area contributed by atoms with Crippen LogP contribution in [0.4, 0.5) is 0 Å². The number of nitrogens with zero attached hydrogens (tertiary/aromatic N) is 3. The molecule has 4 rings (SSSR count). The fourth-order valence-corrected chi connectivity index (χ4v) is 3.94. The van der Waals surface area contributed by atoms with Gasteiger partial charge in [-0.15, -0.1) is 10.2 Å². The zero-order chi connectivity index (χ0) is 19.0. The van der Waals surface area contributed by atoms with E-state index < -0.39 is 5.60 Å². The van der Waals surface area contributed by atoms with Gasteiger partial charge >= 0.3 is 0 Å². The number of hydrogen-bond donors (Lipinski definition) is 2. The van der Waals surface area contributed by atoms with Crippen molar-refractivity contribution in [1.82, 2.24) is 19.7 Å². The van der Waals surface area contributed by atoms with Crippen molar-refractivity contribution in [2.24, 2.45) is 0 Å². The van der Waals surface area contributed by atoms with Gasteiger partial charge in [-0.3, -0.25) is 4.57 Å². The SMILES string of the molecule is Cc1cccc(-n2c(SCC(C)(C)O)nnc2-c2c[nH]c3ccccc23)c1. The molecule has 0 aliphatic rings. The maximum Gasteiger partial charge on any atom is 0.196 e. The molecule has 0 atom stereocenters. The van der Waals surface area contributed by atoms with Crippen LogP contribution < -0.4 is 0 Å². The zero-order valence-electron chi connectivity index (χ0n) is 15.6. The van der Waals surface area contributed by atoms with Crippen LogP contribution in [0.2, 0.25) is 0 Å². The number of aromatic amines is 1. The van der Waals surface area contributed by atoms with Crippen molar-refractivity contribution < 1.29 is 5.11 Å². The smallest absolute Gasteiger partial charge is 0.196 e. The molecule has 0 amide bonds. The summed E-state index contributed by atoms with van der Waals surface area (Å²) in [6.45, 7) is 5.67. The van der Waals surface area contributed by atoms with Crippen molar-refractivity contribution in [3.63, 3.8) is 0 Å². The molecule has 2 N–H and O–H groups in total. The van der Waals surface area contributed by atoms with Gasteiger partial charge in [-0.1, -0.05) is 42.1 Å². The normalized spacial score (nSPS) is 12.0. The molecule has 2 aromatic carbocycles. The molecular weight excluding hydrogens is 356 g/mol. The van der Waals surface area contributed by atoms with Gasteiger partial charge in [-0.2, -0.15) is 0 Å². The molecule has 6 heteroatoms. The summed E-state index contributed by atoms with van der Waals surface area (Å²) < 4.78 is 2.07. The number of rotatable bonds is 5. The second kappa shape index (κ2) is 6.87. The third-order valence-electron chi connectivity index (χ3n) is 4.28. The summed E-state index contributed by atoms with van der Waals surface area (Å²) in [7, 11) is 0. The number of aromatic nitrogens is 4. The minimum absolute atomic E-state index is 0.533. The number of H-pyrrole nitrogens is 1. The third-order valence-corrected chi connectivity index (χ3v) is 5.65. The summed E-state index contributed by atoms with van der Waals surface area (Å²) in [5.41, 5.74) is 3.48. The highest BCUT2D eigenvalue weighted by molar-refractivity contribution is 7.99. The van der Waals surface area contributed by atoms with Crippen LogP contribution in [0.15, 0.2) is 59.9 Å². The Morgan fingerprint density at radius 2 is 1.93 bits per heavy atom. The second-order valence-corrected chi connectivity index (χ2v) is 8.27. The molecule has 0 spiro atoms. The van der Waals surface area contributed by atoms with Gasteiger partial charge in [0.2, 0.25) is 0 Å². The van der Waals surface area contributed by atoms with E-state index in [1.165, 1.54) is 17.3 Å². The molecule has 27 heavy (non-hydrogen) atoms. The first-order chi connectivity index (χ1) is 12.9. The minimum Gasteiger partial charge on any atom is -0.390 e. The average Bonchev–Trinajstić information content (AvgIpc) is 3.23. The van der Waals surface area contributed by atoms with E-state index in [4.69, 9.17) is 0 Å². The Balaban J connectivity index is 1.88. The van der Waals surface area contributed by atoms with E-state index >= 15 is 0 Å². The molecule has 0 saturated carbocycles. The van der Waals surface area contributed by atoms with E-state index in [0.29, 0.717) is 5.75 Å². The van der Waals surface area contributed by atoms with Crippen molar-refractivity contribution in [3.05, 3.63) is 60.3 Å². The summed E-state index contributed by atoms with van der Waals surface area (Å²) in [4.78, 5) is 3.31. The number of fused-ring (bicyclic) bond motifs is 1. The number of nitrogens with one attached hydrogen (secondary N) is 1. The lowest BCUT2D eigenvalue weighted by Crippen LogP contribution is -2.22. The Hall–Kier alpha value is -2.57. The van der Waals surface area contributed by atoms with Crippen LogP contribution in [-0.4, -0.2) is 36.2 Å². The zero-order valence-corrected chi connectivity index (χ0v) is 16.4. The van der Waals surface area contributed by atoms with Crippen molar-refractivity contribution in [1.29, 1.82) is 0 Å². The first kappa shape index (κ1) is 17.8. The Bertz CT molecular complexity index is 1090. The lowest BCUT2D eigenvalue weighted by atomic mass is 10.1. The number of aryl methyl sites for hydroxylation is 1. The number of hydrogen-bond acceptors (Lipinski definition) is 4. The third kappa shape index (κ3) is 3.63. The van der Waals surface area contributed by atoms with Gasteiger partial charge in [0.25, 0.3) is 0 Å². The Kier molecular flexibility index (Phi) is 4.53. The lowest BCUT2D eigenvalue weighted by Gasteiger charge is -2.16. The predicted molar refractivity (Wildman–Crippen MR) is 110 cm³/mol. The van der Waals surface area contributed by atoms with Crippen molar-refractivity contribution >= 4 is 22.7 Å². The molecule has 0 unspecified atom stereocenters. The van der Waals surface area contributed by atoms with Gasteiger partial charge in [-0.05, 0) is 44.5 Å². The van der Waals surface area contributed by atoms with Gasteiger partial charge in [0.15, 0.2) is 11.0 Å². The molecule has 138 valence electrons. The standard InChI is InChI=1S/C21H22N4OS/c1-14-7-6-8-15(11-14)25-19(23-24-20(25)27-13-21(2,3)26)17-12-22-18-10-5-4-9-16(17)18/h4-12,22,26H,13H2,1-3H3. The Morgan fingerprint density at radius 1 is 1.11 bits per heavy atom. The molecular formula is C21H22N4OS. The van der Waals surface area contributed by atoms with Crippen LogP contribution >= 0.6 is 11.8 Å².